The Labute approximate surface area is 117 Å². The van der Waals surface area contributed by atoms with Gasteiger partial charge in [-0.25, -0.2) is 8.78 Å². The van der Waals surface area contributed by atoms with Crippen LogP contribution < -0.4 is 4.90 Å². The largest absolute Gasteiger partial charge is 0.388 e. The third kappa shape index (κ3) is 2.25. The molecule has 0 aliphatic carbocycles. The number of hydrogen-bond donors (Lipinski definition) is 1. The molecule has 2 atom stereocenters. The standard InChI is InChI=1S/C15H18F2N2O/c1-3-14-15(20,4-2)5-6-19(14)10-7-12(16)11(9-18)13(17)8-10/h7-8,14,20H,3-6H2,1-2H3. The first kappa shape index (κ1) is 14.7. The van der Waals surface area contributed by atoms with E-state index in [-0.39, 0.29) is 6.04 Å². The van der Waals surface area contributed by atoms with Crippen LogP contribution in [0.1, 0.15) is 38.7 Å². The summed E-state index contributed by atoms with van der Waals surface area (Å²) in [5, 5.41) is 19.2. The number of hydrogen-bond acceptors (Lipinski definition) is 3. The van der Waals surface area contributed by atoms with Gasteiger partial charge in [-0.3, -0.25) is 0 Å². The summed E-state index contributed by atoms with van der Waals surface area (Å²) in [5.74, 6) is -1.71. The Morgan fingerprint density at radius 2 is 2.00 bits per heavy atom. The van der Waals surface area contributed by atoms with Crippen molar-refractivity contribution < 1.29 is 13.9 Å². The first-order chi connectivity index (χ1) is 9.46. The second kappa shape index (κ2) is 5.37. The Hall–Kier alpha value is -1.67. The Kier molecular flexibility index (Phi) is 3.96. The van der Waals surface area contributed by atoms with Crippen molar-refractivity contribution in [3.8, 4) is 6.07 Å². The monoisotopic (exact) mass is 280 g/mol. The lowest BCUT2D eigenvalue weighted by molar-refractivity contribution is 0.0268. The van der Waals surface area contributed by atoms with Crippen LogP contribution in [0.4, 0.5) is 14.5 Å². The lowest BCUT2D eigenvalue weighted by Crippen LogP contribution is -2.44. The number of nitrogens with zero attached hydrogens (tertiary/aromatic N) is 2. The van der Waals surface area contributed by atoms with E-state index in [0.29, 0.717) is 31.5 Å². The van der Waals surface area contributed by atoms with Crippen molar-refractivity contribution in [1.82, 2.24) is 0 Å². The predicted molar refractivity (Wildman–Crippen MR) is 72.4 cm³/mol. The lowest BCUT2D eigenvalue weighted by atomic mass is 9.90. The molecule has 1 aromatic rings. The highest BCUT2D eigenvalue weighted by Crippen LogP contribution is 2.37. The maximum absolute atomic E-state index is 13.7. The van der Waals surface area contributed by atoms with E-state index in [1.165, 1.54) is 18.2 Å². The quantitative estimate of drug-likeness (QED) is 0.926. The Balaban J connectivity index is 2.41. The second-order valence-corrected chi connectivity index (χ2v) is 5.22. The predicted octanol–water partition coefficient (Wildman–Crippen LogP) is 2.97. The molecule has 0 spiro atoms. The SMILES string of the molecule is CCC1N(c2cc(F)c(C#N)c(F)c2)CCC1(O)CC. The number of benzene rings is 1. The highest BCUT2D eigenvalue weighted by molar-refractivity contribution is 5.53. The molecule has 2 unspecified atom stereocenters. The third-order valence-corrected chi connectivity index (χ3v) is 4.25. The Morgan fingerprint density at radius 1 is 1.40 bits per heavy atom. The van der Waals surface area contributed by atoms with Crippen molar-refractivity contribution >= 4 is 5.69 Å². The fourth-order valence-corrected chi connectivity index (χ4v) is 3.08. The van der Waals surface area contributed by atoms with Crippen LogP contribution in [0.3, 0.4) is 0 Å². The first-order valence-electron chi connectivity index (χ1n) is 6.85. The minimum absolute atomic E-state index is 0.167. The molecule has 0 amide bonds. The van der Waals surface area contributed by atoms with E-state index in [2.05, 4.69) is 0 Å². The van der Waals surface area contributed by atoms with E-state index < -0.39 is 22.8 Å². The smallest absolute Gasteiger partial charge is 0.146 e. The van der Waals surface area contributed by atoms with E-state index in [1.807, 2.05) is 18.7 Å². The van der Waals surface area contributed by atoms with E-state index in [4.69, 9.17) is 5.26 Å². The number of halogens is 2. The molecule has 2 rings (SSSR count). The third-order valence-electron chi connectivity index (χ3n) is 4.25. The maximum atomic E-state index is 13.7. The summed E-state index contributed by atoms with van der Waals surface area (Å²) in [6, 6.07) is 3.69. The van der Waals surface area contributed by atoms with Crippen LogP contribution in [0, 0.1) is 23.0 Å². The van der Waals surface area contributed by atoms with Crippen LogP contribution in [0.5, 0.6) is 0 Å². The molecule has 3 nitrogen and oxygen atoms in total. The molecular weight excluding hydrogens is 262 g/mol. The maximum Gasteiger partial charge on any atom is 0.146 e. The number of nitriles is 1. The summed E-state index contributed by atoms with van der Waals surface area (Å²) in [6.45, 7) is 4.40. The van der Waals surface area contributed by atoms with Gasteiger partial charge in [-0.15, -0.1) is 0 Å². The number of aliphatic hydroxyl groups is 1. The molecule has 20 heavy (non-hydrogen) atoms. The van der Waals surface area contributed by atoms with Crippen LogP contribution in [0.2, 0.25) is 0 Å². The fourth-order valence-electron chi connectivity index (χ4n) is 3.08. The van der Waals surface area contributed by atoms with Gasteiger partial charge in [0.2, 0.25) is 0 Å². The summed E-state index contributed by atoms with van der Waals surface area (Å²) >= 11 is 0. The normalized spacial score (nSPS) is 25.8. The topological polar surface area (TPSA) is 47.3 Å². The van der Waals surface area contributed by atoms with Gasteiger partial charge in [0.1, 0.15) is 23.3 Å². The Bertz CT molecular complexity index is 532. The summed E-state index contributed by atoms with van der Waals surface area (Å²) < 4.78 is 27.4. The van der Waals surface area contributed by atoms with Crippen molar-refractivity contribution in [2.75, 3.05) is 11.4 Å². The van der Waals surface area contributed by atoms with Gasteiger partial charge < -0.3 is 10.0 Å². The van der Waals surface area contributed by atoms with Gasteiger partial charge in [-0.2, -0.15) is 5.26 Å². The molecule has 0 radical (unpaired) electrons. The van der Waals surface area contributed by atoms with Gasteiger partial charge in [0.25, 0.3) is 0 Å². The van der Waals surface area contributed by atoms with Gasteiger partial charge in [-0.1, -0.05) is 13.8 Å². The van der Waals surface area contributed by atoms with Gasteiger partial charge in [-0.05, 0) is 31.4 Å². The molecular formula is C15H18F2N2O. The molecule has 1 aromatic carbocycles. The first-order valence-corrected chi connectivity index (χ1v) is 6.85. The van der Waals surface area contributed by atoms with Crippen LogP contribution in [0.25, 0.3) is 0 Å². The van der Waals surface area contributed by atoms with Gasteiger partial charge in [0, 0.05) is 12.2 Å². The molecule has 1 saturated heterocycles. The van der Waals surface area contributed by atoms with Crippen molar-refractivity contribution in [3.05, 3.63) is 29.3 Å². The lowest BCUT2D eigenvalue weighted by Gasteiger charge is -2.34. The highest BCUT2D eigenvalue weighted by Gasteiger charge is 2.43. The van der Waals surface area contributed by atoms with Crippen LogP contribution >= 0.6 is 0 Å². The molecule has 108 valence electrons. The minimum Gasteiger partial charge on any atom is -0.388 e. The van der Waals surface area contributed by atoms with Crippen LogP contribution in [-0.2, 0) is 0 Å². The molecule has 5 heteroatoms. The zero-order valence-corrected chi connectivity index (χ0v) is 11.7. The summed E-state index contributed by atoms with van der Waals surface area (Å²) in [4.78, 5) is 1.83. The summed E-state index contributed by atoms with van der Waals surface area (Å²) in [7, 11) is 0. The van der Waals surface area contributed by atoms with E-state index >= 15 is 0 Å². The van der Waals surface area contributed by atoms with E-state index in [9.17, 15) is 13.9 Å². The van der Waals surface area contributed by atoms with Crippen LogP contribution in [-0.4, -0.2) is 23.3 Å². The average Bonchev–Trinajstić information content (AvgIpc) is 2.76. The van der Waals surface area contributed by atoms with Gasteiger partial charge in [0.15, 0.2) is 0 Å². The van der Waals surface area contributed by atoms with Gasteiger partial charge in [0.05, 0.1) is 11.6 Å². The number of anilines is 1. The Morgan fingerprint density at radius 3 is 2.45 bits per heavy atom. The molecule has 1 heterocycles. The van der Waals surface area contributed by atoms with Crippen molar-refractivity contribution in [2.24, 2.45) is 0 Å². The summed E-state index contributed by atoms with van der Waals surface area (Å²) in [6.07, 6.45) is 1.86. The van der Waals surface area contributed by atoms with E-state index in [0.717, 1.165) is 0 Å². The van der Waals surface area contributed by atoms with Crippen molar-refractivity contribution in [2.45, 2.75) is 44.8 Å². The van der Waals surface area contributed by atoms with Gasteiger partial charge >= 0.3 is 0 Å². The highest BCUT2D eigenvalue weighted by atomic mass is 19.1. The minimum atomic E-state index is -0.857. The van der Waals surface area contributed by atoms with Crippen molar-refractivity contribution in [3.63, 3.8) is 0 Å². The molecule has 1 fully saturated rings. The molecule has 1 aliphatic heterocycles. The second-order valence-electron chi connectivity index (χ2n) is 5.22. The molecule has 0 aromatic heterocycles. The molecule has 0 bridgehead atoms. The average molecular weight is 280 g/mol. The zero-order valence-electron chi connectivity index (χ0n) is 11.7. The zero-order chi connectivity index (χ0) is 14.9. The van der Waals surface area contributed by atoms with Crippen molar-refractivity contribution in [1.29, 1.82) is 5.26 Å². The molecule has 1 N–H and O–H groups in total. The van der Waals surface area contributed by atoms with Crippen LogP contribution in [0.15, 0.2) is 12.1 Å². The van der Waals surface area contributed by atoms with E-state index in [1.54, 1.807) is 0 Å². The molecule has 1 aliphatic rings. The molecule has 0 saturated carbocycles. The fraction of sp³-hybridized carbons (Fsp3) is 0.533. The number of rotatable bonds is 3. The summed E-state index contributed by atoms with van der Waals surface area (Å²) in [5.41, 5.74) is -1.00.